The summed E-state index contributed by atoms with van der Waals surface area (Å²) >= 11 is 0. The molecule has 0 N–H and O–H groups in total. The van der Waals surface area contributed by atoms with Crippen LogP contribution in [0.15, 0.2) is 0 Å². The minimum atomic E-state index is -0.368. The Balaban J connectivity index is 1.94. The van der Waals surface area contributed by atoms with Crippen LogP contribution in [0, 0.1) is 5.92 Å². The third-order valence-electron chi connectivity index (χ3n) is 3.28. The van der Waals surface area contributed by atoms with Crippen molar-refractivity contribution in [2.24, 2.45) is 5.92 Å². The topological polar surface area (TPSA) is 29.5 Å². The van der Waals surface area contributed by atoms with Crippen LogP contribution in [0.25, 0.3) is 0 Å². The molecule has 2 heterocycles. The van der Waals surface area contributed by atoms with E-state index in [-0.39, 0.29) is 11.7 Å². The molecule has 86 valence electrons. The Labute approximate surface area is 91.8 Å². The zero-order chi connectivity index (χ0) is 11.2. The number of hydrogen-bond acceptors (Lipinski definition) is 2. The second-order valence-corrected chi connectivity index (χ2v) is 6.01. The summed E-state index contributed by atoms with van der Waals surface area (Å²) in [5.41, 5.74) is -0.368. The molecule has 3 aliphatic rings. The van der Waals surface area contributed by atoms with Gasteiger partial charge >= 0.3 is 6.09 Å². The van der Waals surface area contributed by atoms with E-state index in [1.807, 2.05) is 25.7 Å². The van der Waals surface area contributed by atoms with Crippen molar-refractivity contribution in [2.45, 2.75) is 64.6 Å². The standard InChI is InChI=1S/C12H21NO2/c1-8-5-9-7-10(6-8)13(9)11(14)15-12(2,3)4/h8-10H,5-7H2,1-4H3. The summed E-state index contributed by atoms with van der Waals surface area (Å²) in [5, 5.41) is 0. The minimum Gasteiger partial charge on any atom is -0.444 e. The predicted molar refractivity (Wildman–Crippen MR) is 58.7 cm³/mol. The van der Waals surface area contributed by atoms with Gasteiger partial charge in [0.15, 0.2) is 0 Å². The van der Waals surface area contributed by atoms with E-state index in [1.165, 1.54) is 6.42 Å². The average molecular weight is 211 g/mol. The van der Waals surface area contributed by atoms with E-state index < -0.39 is 0 Å². The Bertz CT molecular complexity index is 257. The van der Waals surface area contributed by atoms with Gasteiger partial charge in [0, 0.05) is 12.1 Å². The number of ether oxygens (including phenoxy) is 1. The summed E-state index contributed by atoms with van der Waals surface area (Å²) in [4.78, 5) is 13.8. The molecule has 0 radical (unpaired) electrons. The van der Waals surface area contributed by atoms with Crippen LogP contribution in [-0.4, -0.2) is 28.7 Å². The average Bonchev–Trinajstić information content (AvgIpc) is 1.98. The molecule has 2 atom stereocenters. The molecule has 0 spiro atoms. The van der Waals surface area contributed by atoms with E-state index >= 15 is 0 Å². The minimum absolute atomic E-state index is 0.115. The summed E-state index contributed by atoms with van der Waals surface area (Å²) in [5.74, 6) is 0.771. The largest absolute Gasteiger partial charge is 0.444 e. The van der Waals surface area contributed by atoms with Crippen LogP contribution in [0.3, 0.4) is 0 Å². The summed E-state index contributed by atoms with van der Waals surface area (Å²) in [6.45, 7) is 8.03. The maximum Gasteiger partial charge on any atom is 0.410 e. The van der Waals surface area contributed by atoms with Crippen LogP contribution < -0.4 is 0 Å². The molecule has 2 aliphatic heterocycles. The Morgan fingerprint density at radius 2 is 1.73 bits per heavy atom. The monoisotopic (exact) mass is 211 g/mol. The molecular formula is C12H21NO2. The zero-order valence-electron chi connectivity index (χ0n) is 10.1. The molecule has 0 aromatic heterocycles. The highest BCUT2D eigenvalue weighted by Crippen LogP contribution is 2.41. The third-order valence-corrected chi connectivity index (χ3v) is 3.28. The predicted octanol–water partition coefficient (Wildman–Crippen LogP) is 2.79. The van der Waals surface area contributed by atoms with Gasteiger partial charge in [0.05, 0.1) is 0 Å². The fourth-order valence-corrected chi connectivity index (χ4v) is 2.76. The van der Waals surface area contributed by atoms with Crippen LogP contribution in [0.5, 0.6) is 0 Å². The second-order valence-electron chi connectivity index (χ2n) is 6.01. The van der Waals surface area contributed by atoms with E-state index in [1.54, 1.807) is 0 Å². The number of hydrogen-bond donors (Lipinski definition) is 0. The SMILES string of the molecule is CC1CC2CC(C1)N2C(=O)OC(C)(C)C. The highest BCUT2D eigenvalue weighted by Gasteiger charge is 2.47. The molecule has 3 nitrogen and oxygen atoms in total. The molecule has 1 amide bonds. The molecule has 1 saturated carbocycles. The number of carbonyl (C=O) groups excluding carboxylic acids is 1. The van der Waals surface area contributed by atoms with Gasteiger partial charge in [-0.3, -0.25) is 0 Å². The van der Waals surface area contributed by atoms with Crippen molar-refractivity contribution >= 4 is 6.09 Å². The fourth-order valence-electron chi connectivity index (χ4n) is 2.76. The van der Waals surface area contributed by atoms with Crippen LogP contribution in [0.1, 0.15) is 47.0 Å². The number of nitrogens with zero attached hydrogens (tertiary/aromatic N) is 1. The van der Waals surface area contributed by atoms with Crippen molar-refractivity contribution in [1.82, 2.24) is 4.90 Å². The van der Waals surface area contributed by atoms with Crippen molar-refractivity contribution in [3.63, 3.8) is 0 Å². The van der Waals surface area contributed by atoms with Gasteiger partial charge in [-0.1, -0.05) is 6.92 Å². The highest BCUT2D eigenvalue weighted by atomic mass is 16.6. The van der Waals surface area contributed by atoms with E-state index in [0.717, 1.165) is 18.8 Å². The van der Waals surface area contributed by atoms with Crippen LogP contribution in [0.2, 0.25) is 0 Å². The maximum absolute atomic E-state index is 11.9. The quantitative estimate of drug-likeness (QED) is 0.616. The summed E-state index contributed by atoms with van der Waals surface area (Å²) in [6, 6.07) is 0.905. The van der Waals surface area contributed by atoms with Crippen molar-refractivity contribution < 1.29 is 9.53 Å². The number of amides is 1. The van der Waals surface area contributed by atoms with Gasteiger partial charge in [-0.15, -0.1) is 0 Å². The first-order chi connectivity index (χ1) is 6.87. The van der Waals surface area contributed by atoms with E-state index in [0.29, 0.717) is 12.1 Å². The Morgan fingerprint density at radius 3 is 2.20 bits per heavy atom. The van der Waals surface area contributed by atoms with Crippen molar-refractivity contribution in [1.29, 1.82) is 0 Å². The first-order valence-electron chi connectivity index (χ1n) is 5.88. The van der Waals surface area contributed by atoms with Crippen molar-refractivity contribution in [3.8, 4) is 0 Å². The van der Waals surface area contributed by atoms with Crippen LogP contribution in [-0.2, 0) is 4.74 Å². The molecule has 3 rings (SSSR count). The van der Waals surface area contributed by atoms with E-state index in [2.05, 4.69) is 6.92 Å². The van der Waals surface area contributed by atoms with Crippen LogP contribution >= 0.6 is 0 Å². The highest BCUT2D eigenvalue weighted by molar-refractivity contribution is 5.70. The molecular weight excluding hydrogens is 190 g/mol. The van der Waals surface area contributed by atoms with Gasteiger partial charge in [0.25, 0.3) is 0 Å². The van der Waals surface area contributed by atoms with Gasteiger partial charge in [-0.05, 0) is 46.0 Å². The third kappa shape index (κ3) is 2.11. The smallest absolute Gasteiger partial charge is 0.410 e. The lowest BCUT2D eigenvalue weighted by molar-refractivity contribution is -0.0630. The first-order valence-corrected chi connectivity index (χ1v) is 5.88. The summed E-state index contributed by atoms with van der Waals surface area (Å²) in [6.07, 6.45) is 3.37. The summed E-state index contributed by atoms with van der Waals surface area (Å²) < 4.78 is 5.40. The molecule has 0 aromatic rings. The van der Waals surface area contributed by atoms with Crippen molar-refractivity contribution in [3.05, 3.63) is 0 Å². The lowest BCUT2D eigenvalue weighted by Crippen LogP contribution is -2.63. The van der Waals surface area contributed by atoms with Gasteiger partial charge < -0.3 is 9.64 Å². The van der Waals surface area contributed by atoms with Gasteiger partial charge in [-0.2, -0.15) is 0 Å². The maximum atomic E-state index is 11.9. The zero-order valence-corrected chi connectivity index (χ0v) is 10.1. The van der Waals surface area contributed by atoms with E-state index in [4.69, 9.17) is 4.74 Å². The number of carbonyl (C=O) groups is 1. The molecule has 2 saturated heterocycles. The fraction of sp³-hybridized carbons (Fsp3) is 0.917. The Kier molecular flexibility index (Phi) is 2.44. The molecule has 0 aromatic carbocycles. The normalized spacial score (nSPS) is 34.7. The van der Waals surface area contributed by atoms with Gasteiger partial charge in [0.1, 0.15) is 5.60 Å². The Hall–Kier alpha value is -0.730. The van der Waals surface area contributed by atoms with Crippen molar-refractivity contribution in [2.75, 3.05) is 0 Å². The molecule has 3 heteroatoms. The van der Waals surface area contributed by atoms with E-state index in [9.17, 15) is 4.79 Å². The summed E-state index contributed by atoms with van der Waals surface area (Å²) in [7, 11) is 0. The second kappa shape index (κ2) is 3.39. The Morgan fingerprint density at radius 1 is 1.20 bits per heavy atom. The number of piperidine rings is 1. The molecule has 2 bridgehead atoms. The lowest BCUT2D eigenvalue weighted by Gasteiger charge is -2.54. The molecule has 15 heavy (non-hydrogen) atoms. The molecule has 1 aliphatic carbocycles. The lowest BCUT2D eigenvalue weighted by atomic mass is 9.75. The first kappa shape index (κ1) is 10.8. The molecule has 3 fully saturated rings. The van der Waals surface area contributed by atoms with Gasteiger partial charge in [0.2, 0.25) is 0 Å². The van der Waals surface area contributed by atoms with Crippen LogP contribution in [0.4, 0.5) is 4.79 Å². The number of fused-ring (bicyclic) bond motifs is 2. The van der Waals surface area contributed by atoms with Gasteiger partial charge in [-0.25, -0.2) is 4.79 Å². The number of rotatable bonds is 0. The molecule has 2 unspecified atom stereocenters.